The van der Waals surface area contributed by atoms with Crippen LogP contribution < -0.4 is 0 Å². The average Bonchev–Trinajstić information content (AvgIpc) is 2.37. The van der Waals surface area contributed by atoms with Crippen molar-refractivity contribution in [3.8, 4) is 0 Å². The van der Waals surface area contributed by atoms with Crippen LogP contribution in [0, 0.1) is 30.3 Å². The number of Topliss-reactive ketones (excluding diaryl/α,β-unsaturated/α-hetero) is 1. The molecule has 0 radical (unpaired) electrons. The van der Waals surface area contributed by atoms with Gasteiger partial charge in [0.05, 0.1) is 26.9 Å². The highest BCUT2D eigenvalue weighted by Crippen LogP contribution is 2.34. The van der Waals surface area contributed by atoms with Crippen molar-refractivity contribution >= 4 is 22.8 Å². The monoisotopic (exact) mass is 283 g/mol. The SMILES string of the molecule is CCC(=O)Cc1c([N+](=O)[O-])cc([N+](=O)[O-])cc1[N+](=O)[O-]. The second-order valence-electron chi connectivity index (χ2n) is 3.80. The maximum absolute atomic E-state index is 11.4. The summed E-state index contributed by atoms with van der Waals surface area (Å²) in [5, 5.41) is 32.4. The summed E-state index contributed by atoms with van der Waals surface area (Å²) in [6.07, 6.45) is -0.466. The summed E-state index contributed by atoms with van der Waals surface area (Å²) in [7, 11) is 0. The van der Waals surface area contributed by atoms with Gasteiger partial charge in [-0.2, -0.15) is 0 Å². The standard InChI is InChI=1S/C10H9N3O7/c1-2-7(14)5-8-9(12(17)18)3-6(11(15)16)4-10(8)13(19)20/h3-4H,2,5H2,1H3. The normalized spacial score (nSPS) is 10.1. The number of nitrogens with zero attached hydrogens (tertiary/aromatic N) is 3. The molecule has 0 aromatic heterocycles. The topological polar surface area (TPSA) is 146 Å². The third kappa shape index (κ3) is 3.10. The number of non-ortho nitro benzene ring substituents is 1. The van der Waals surface area contributed by atoms with Crippen LogP contribution in [0.4, 0.5) is 17.1 Å². The number of hydrogen-bond acceptors (Lipinski definition) is 7. The minimum absolute atomic E-state index is 0.0469. The molecule has 0 aliphatic rings. The van der Waals surface area contributed by atoms with Crippen molar-refractivity contribution in [2.45, 2.75) is 19.8 Å². The molecule has 1 rings (SSSR count). The second kappa shape index (κ2) is 5.82. The molecule has 10 heteroatoms. The molecular formula is C10H9N3O7. The first-order valence-corrected chi connectivity index (χ1v) is 5.39. The van der Waals surface area contributed by atoms with E-state index in [1.54, 1.807) is 0 Å². The largest absolute Gasteiger partial charge is 0.299 e. The van der Waals surface area contributed by atoms with E-state index in [1.165, 1.54) is 6.92 Å². The van der Waals surface area contributed by atoms with Crippen LogP contribution >= 0.6 is 0 Å². The van der Waals surface area contributed by atoms with E-state index < -0.39 is 49.6 Å². The fourth-order valence-electron chi connectivity index (χ4n) is 1.56. The van der Waals surface area contributed by atoms with Gasteiger partial charge in [0.25, 0.3) is 17.1 Å². The first kappa shape index (κ1) is 15.1. The summed E-state index contributed by atoms with van der Waals surface area (Å²) in [5.74, 6) is -0.440. The molecule has 20 heavy (non-hydrogen) atoms. The van der Waals surface area contributed by atoms with Gasteiger partial charge in [-0.05, 0) is 0 Å². The minimum Gasteiger partial charge on any atom is -0.299 e. The van der Waals surface area contributed by atoms with E-state index in [1.807, 2.05) is 0 Å². The highest BCUT2D eigenvalue weighted by atomic mass is 16.6. The van der Waals surface area contributed by atoms with Gasteiger partial charge in [0.1, 0.15) is 11.3 Å². The Kier molecular flexibility index (Phi) is 4.41. The molecule has 106 valence electrons. The summed E-state index contributed by atoms with van der Waals surface area (Å²) in [6, 6.07) is 1.23. The number of nitro benzene ring substituents is 3. The molecule has 0 fully saturated rings. The lowest BCUT2D eigenvalue weighted by molar-refractivity contribution is -0.404. The van der Waals surface area contributed by atoms with Gasteiger partial charge in [0.2, 0.25) is 0 Å². The Morgan fingerprint density at radius 2 is 1.45 bits per heavy atom. The van der Waals surface area contributed by atoms with Gasteiger partial charge >= 0.3 is 0 Å². The van der Waals surface area contributed by atoms with Crippen LogP contribution in [0.3, 0.4) is 0 Å². The van der Waals surface area contributed by atoms with Crippen molar-refractivity contribution in [3.63, 3.8) is 0 Å². The van der Waals surface area contributed by atoms with Gasteiger partial charge in [-0.3, -0.25) is 35.1 Å². The molecule has 0 saturated carbocycles. The molecule has 0 bridgehead atoms. The van der Waals surface area contributed by atoms with Gasteiger partial charge in [-0.1, -0.05) is 6.92 Å². The fourth-order valence-corrected chi connectivity index (χ4v) is 1.56. The van der Waals surface area contributed by atoms with Crippen LogP contribution in [0.15, 0.2) is 12.1 Å². The van der Waals surface area contributed by atoms with Crippen LogP contribution in [0.25, 0.3) is 0 Å². The number of benzene rings is 1. The molecule has 1 aromatic rings. The zero-order chi connectivity index (χ0) is 15.4. The van der Waals surface area contributed by atoms with E-state index in [0.717, 1.165) is 0 Å². The maximum Gasteiger partial charge on any atom is 0.286 e. The van der Waals surface area contributed by atoms with Crippen molar-refractivity contribution in [2.75, 3.05) is 0 Å². The average molecular weight is 283 g/mol. The first-order chi connectivity index (χ1) is 9.27. The van der Waals surface area contributed by atoms with E-state index in [4.69, 9.17) is 0 Å². The van der Waals surface area contributed by atoms with Crippen molar-refractivity contribution in [3.05, 3.63) is 48.0 Å². The smallest absolute Gasteiger partial charge is 0.286 e. The van der Waals surface area contributed by atoms with Crippen LogP contribution in [0.5, 0.6) is 0 Å². The van der Waals surface area contributed by atoms with Crippen molar-refractivity contribution in [2.24, 2.45) is 0 Å². The molecule has 0 heterocycles. The van der Waals surface area contributed by atoms with Gasteiger partial charge in [-0.25, -0.2) is 0 Å². The number of carbonyl (C=O) groups excluding carboxylic acids is 1. The van der Waals surface area contributed by atoms with Crippen LogP contribution in [-0.2, 0) is 11.2 Å². The van der Waals surface area contributed by atoms with E-state index in [-0.39, 0.29) is 6.42 Å². The molecule has 1 aromatic carbocycles. The summed E-state index contributed by atoms with van der Waals surface area (Å²) in [4.78, 5) is 40.9. The highest BCUT2D eigenvalue weighted by molar-refractivity contribution is 5.83. The number of ketones is 1. The Morgan fingerprint density at radius 3 is 1.75 bits per heavy atom. The van der Waals surface area contributed by atoms with Crippen molar-refractivity contribution in [1.82, 2.24) is 0 Å². The molecular weight excluding hydrogens is 274 g/mol. The number of rotatable bonds is 6. The summed E-state index contributed by atoms with van der Waals surface area (Å²) in [5.41, 5.74) is -2.78. The summed E-state index contributed by atoms with van der Waals surface area (Å²) >= 11 is 0. The van der Waals surface area contributed by atoms with E-state index >= 15 is 0 Å². The van der Waals surface area contributed by atoms with Gasteiger partial charge < -0.3 is 0 Å². The van der Waals surface area contributed by atoms with Crippen LogP contribution in [0.2, 0.25) is 0 Å². The third-order valence-electron chi connectivity index (χ3n) is 2.56. The predicted molar refractivity (Wildman–Crippen MR) is 65.4 cm³/mol. The Bertz CT molecular complexity index is 576. The molecule has 0 saturated heterocycles. The van der Waals surface area contributed by atoms with Gasteiger partial charge in [0, 0.05) is 12.8 Å². The predicted octanol–water partition coefficient (Wildman–Crippen LogP) is 1.93. The van der Waals surface area contributed by atoms with Crippen molar-refractivity contribution < 1.29 is 19.6 Å². The van der Waals surface area contributed by atoms with Crippen molar-refractivity contribution in [1.29, 1.82) is 0 Å². The Hall–Kier alpha value is -2.91. The molecule has 0 aliphatic heterocycles. The van der Waals surface area contributed by atoms with Crippen LogP contribution in [-0.4, -0.2) is 20.6 Å². The molecule has 0 aliphatic carbocycles. The van der Waals surface area contributed by atoms with Gasteiger partial charge in [0.15, 0.2) is 0 Å². The number of nitro groups is 3. The maximum atomic E-state index is 11.4. The molecule has 0 unspecified atom stereocenters. The van der Waals surface area contributed by atoms with Crippen LogP contribution in [0.1, 0.15) is 18.9 Å². The van der Waals surface area contributed by atoms with E-state index in [2.05, 4.69) is 0 Å². The zero-order valence-corrected chi connectivity index (χ0v) is 10.3. The Morgan fingerprint density at radius 1 is 1.00 bits per heavy atom. The fraction of sp³-hybridized carbons (Fsp3) is 0.300. The Balaban J connectivity index is 3.59. The molecule has 0 amide bonds. The highest BCUT2D eigenvalue weighted by Gasteiger charge is 2.31. The zero-order valence-electron chi connectivity index (χ0n) is 10.3. The van der Waals surface area contributed by atoms with Gasteiger partial charge in [-0.15, -0.1) is 0 Å². The van der Waals surface area contributed by atoms with E-state index in [0.29, 0.717) is 12.1 Å². The first-order valence-electron chi connectivity index (χ1n) is 5.39. The molecule has 0 spiro atoms. The molecule has 10 nitrogen and oxygen atoms in total. The molecule has 0 N–H and O–H groups in total. The van der Waals surface area contributed by atoms with E-state index in [9.17, 15) is 35.1 Å². The number of hydrogen-bond donors (Lipinski definition) is 0. The summed E-state index contributed by atoms with van der Waals surface area (Å²) in [6.45, 7) is 1.51. The quantitative estimate of drug-likeness (QED) is 0.572. The second-order valence-corrected chi connectivity index (χ2v) is 3.80. The lowest BCUT2D eigenvalue weighted by Crippen LogP contribution is -2.08. The third-order valence-corrected chi connectivity index (χ3v) is 2.56. The lowest BCUT2D eigenvalue weighted by atomic mass is 10.0. The molecule has 0 atom stereocenters. The number of carbonyl (C=O) groups is 1. The lowest BCUT2D eigenvalue weighted by Gasteiger charge is -2.03. The minimum atomic E-state index is -0.974. The Labute approximate surface area is 111 Å². The summed E-state index contributed by atoms with van der Waals surface area (Å²) < 4.78 is 0.